The van der Waals surface area contributed by atoms with Crippen molar-refractivity contribution in [3.05, 3.63) is 60.2 Å². The minimum atomic E-state index is 0.311. The van der Waals surface area contributed by atoms with Gasteiger partial charge in [-0.05, 0) is 36.9 Å². The van der Waals surface area contributed by atoms with Gasteiger partial charge in [0.2, 0.25) is 0 Å². The van der Waals surface area contributed by atoms with Crippen LogP contribution < -0.4 is 10.1 Å². The smallest absolute Gasteiger partial charge is 0.118 e. The first-order valence-corrected chi connectivity index (χ1v) is 7.65. The number of benzene rings is 2. The van der Waals surface area contributed by atoms with Gasteiger partial charge in [0.25, 0.3) is 0 Å². The van der Waals surface area contributed by atoms with Gasteiger partial charge >= 0.3 is 0 Å². The van der Waals surface area contributed by atoms with E-state index in [4.69, 9.17) is 4.74 Å². The van der Waals surface area contributed by atoms with Crippen LogP contribution in [0.2, 0.25) is 0 Å². The first kappa shape index (κ1) is 14.9. The summed E-state index contributed by atoms with van der Waals surface area (Å²) in [7, 11) is 3.70. The standard InChI is InChI=1S/C17H21NOS/c1-13(20-16-7-5-4-6-8-16)17(18-2)14-9-11-15(19-3)12-10-14/h4-13,17-18H,1-3H3. The van der Waals surface area contributed by atoms with E-state index in [1.807, 2.05) is 37.0 Å². The van der Waals surface area contributed by atoms with E-state index in [0.717, 1.165) is 5.75 Å². The van der Waals surface area contributed by atoms with Crippen LogP contribution >= 0.6 is 11.8 Å². The van der Waals surface area contributed by atoms with Crippen molar-refractivity contribution in [2.24, 2.45) is 0 Å². The lowest BCUT2D eigenvalue weighted by molar-refractivity contribution is 0.414. The van der Waals surface area contributed by atoms with Crippen LogP contribution in [0, 0.1) is 0 Å². The highest BCUT2D eigenvalue weighted by Gasteiger charge is 2.18. The first-order valence-electron chi connectivity index (χ1n) is 6.77. The number of methoxy groups -OCH3 is 1. The summed E-state index contributed by atoms with van der Waals surface area (Å²) < 4.78 is 5.21. The third-order valence-electron chi connectivity index (χ3n) is 3.32. The fourth-order valence-electron chi connectivity index (χ4n) is 2.27. The number of ether oxygens (including phenoxy) is 1. The summed E-state index contributed by atoms with van der Waals surface area (Å²) in [5, 5.41) is 3.85. The molecule has 0 aliphatic carbocycles. The van der Waals surface area contributed by atoms with Crippen molar-refractivity contribution in [3.8, 4) is 5.75 Å². The van der Waals surface area contributed by atoms with Crippen LogP contribution in [0.4, 0.5) is 0 Å². The normalized spacial score (nSPS) is 13.8. The zero-order valence-electron chi connectivity index (χ0n) is 12.2. The second-order valence-corrected chi connectivity index (χ2v) is 6.13. The molecule has 0 fully saturated rings. The third kappa shape index (κ3) is 3.78. The van der Waals surface area contributed by atoms with Crippen molar-refractivity contribution in [1.29, 1.82) is 0 Å². The predicted molar refractivity (Wildman–Crippen MR) is 86.6 cm³/mol. The topological polar surface area (TPSA) is 21.3 Å². The molecule has 0 spiro atoms. The van der Waals surface area contributed by atoms with Gasteiger partial charge in [0.1, 0.15) is 5.75 Å². The van der Waals surface area contributed by atoms with E-state index < -0.39 is 0 Å². The molecule has 0 aliphatic rings. The highest BCUT2D eigenvalue weighted by molar-refractivity contribution is 8.00. The van der Waals surface area contributed by atoms with Crippen LogP contribution in [0.25, 0.3) is 0 Å². The Balaban J connectivity index is 2.10. The van der Waals surface area contributed by atoms with Gasteiger partial charge in [0.15, 0.2) is 0 Å². The van der Waals surface area contributed by atoms with E-state index in [2.05, 4.69) is 48.6 Å². The van der Waals surface area contributed by atoms with Crippen LogP contribution in [-0.2, 0) is 0 Å². The van der Waals surface area contributed by atoms with E-state index in [1.165, 1.54) is 10.5 Å². The predicted octanol–water partition coefficient (Wildman–Crippen LogP) is 4.14. The van der Waals surface area contributed by atoms with Crippen LogP contribution in [0.1, 0.15) is 18.5 Å². The summed E-state index contributed by atoms with van der Waals surface area (Å²) in [6.45, 7) is 2.25. The molecule has 0 radical (unpaired) electrons. The molecule has 3 heteroatoms. The number of nitrogens with one attached hydrogen (secondary N) is 1. The lowest BCUT2D eigenvalue weighted by atomic mass is 10.0. The van der Waals surface area contributed by atoms with Crippen molar-refractivity contribution < 1.29 is 4.74 Å². The van der Waals surface area contributed by atoms with E-state index in [-0.39, 0.29) is 0 Å². The first-order chi connectivity index (χ1) is 9.74. The van der Waals surface area contributed by atoms with Gasteiger partial charge < -0.3 is 10.1 Å². The van der Waals surface area contributed by atoms with E-state index >= 15 is 0 Å². The largest absolute Gasteiger partial charge is 0.497 e. The molecular weight excluding hydrogens is 266 g/mol. The van der Waals surface area contributed by atoms with Crippen molar-refractivity contribution in [1.82, 2.24) is 5.32 Å². The molecule has 2 aromatic rings. The second-order valence-electron chi connectivity index (χ2n) is 4.68. The fraction of sp³-hybridized carbons (Fsp3) is 0.294. The highest BCUT2D eigenvalue weighted by atomic mass is 32.2. The maximum Gasteiger partial charge on any atom is 0.118 e. The number of rotatable bonds is 6. The Morgan fingerprint density at radius 2 is 1.65 bits per heavy atom. The fourth-order valence-corrected chi connectivity index (χ4v) is 3.44. The van der Waals surface area contributed by atoms with Gasteiger partial charge in [0, 0.05) is 16.2 Å². The number of hydrogen-bond donors (Lipinski definition) is 1. The lowest BCUT2D eigenvalue weighted by Crippen LogP contribution is -2.25. The summed E-state index contributed by atoms with van der Waals surface area (Å²) >= 11 is 1.89. The SMILES string of the molecule is CNC(c1ccc(OC)cc1)C(C)Sc1ccccc1. The summed E-state index contributed by atoms with van der Waals surface area (Å²) in [6.07, 6.45) is 0. The summed E-state index contributed by atoms with van der Waals surface area (Å²) in [5.74, 6) is 0.895. The summed E-state index contributed by atoms with van der Waals surface area (Å²) in [4.78, 5) is 1.30. The minimum Gasteiger partial charge on any atom is -0.497 e. The monoisotopic (exact) mass is 287 g/mol. The molecule has 20 heavy (non-hydrogen) atoms. The Bertz CT molecular complexity index is 512. The maximum atomic E-state index is 5.21. The average Bonchev–Trinajstić information content (AvgIpc) is 2.49. The van der Waals surface area contributed by atoms with Crippen LogP contribution in [0.5, 0.6) is 5.75 Å². The molecule has 2 unspecified atom stereocenters. The zero-order valence-corrected chi connectivity index (χ0v) is 13.0. The maximum absolute atomic E-state index is 5.21. The van der Waals surface area contributed by atoms with Crippen molar-refractivity contribution in [2.75, 3.05) is 14.2 Å². The van der Waals surface area contributed by atoms with Gasteiger partial charge in [-0.1, -0.05) is 37.3 Å². The zero-order chi connectivity index (χ0) is 14.4. The van der Waals surface area contributed by atoms with Gasteiger partial charge in [-0.15, -0.1) is 11.8 Å². The lowest BCUT2D eigenvalue weighted by Gasteiger charge is -2.24. The average molecular weight is 287 g/mol. The molecule has 2 rings (SSSR count). The molecule has 0 bridgehead atoms. The molecule has 2 atom stereocenters. The molecule has 0 saturated carbocycles. The van der Waals surface area contributed by atoms with Crippen molar-refractivity contribution >= 4 is 11.8 Å². The van der Waals surface area contributed by atoms with E-state index in [0.29, 0.717) is 11.3 Å². The Morgan fingerprint density at radius 1 is 1.00 bits per heavy atom. The van der Waals surface area contributed by atoms with Gasteiger partial charge in [0.05, 0.1) is 7.11 Å². The Labute approximate surface area is 125 Å². The van der Waals surface area contributed by atoms with Crippen LogP contribution in [-0.4, -0.2) is 19.4 Å². The number of thioether (sulfide) groups is 1. The van der Waals surface area contributed by atoms with Crippen molar-refractivity contribution in [2.45, 2.75) is 23.1 Å². The quantitative estimate of drug-likeness (QED) is 0.807. The van der Waals surface area contributed by atoms with Gasteiger partial charge in [-0.3, -0.25) is 0 Å². The summed E-state index contributed by atoms with van der Waals surface area (Å²) in [6, 6.07) is 19.1. The summed E-state index contributed by atoms with van der Waals surface area (Å²) in [5.41, 5.74) is 1.28. The Morgan fingerprint density at radius 3 is 2.20 bits per heavy atom. The number of hydrogen-bond acceptors (Lipinski definition) is 3. The van der Waals surface area contributed by atoms with Gasteiger partial charge in [-0.25, -0.2) is 0 Å². The van der Waals surface area contributed by atoms with Crippen molar-refractivity contribution in [3.63, 3.8) is 0 Å². The molecule has 0 aromatic heterocycles. The van der Waals surface area contributed by atoms with Crippen LogP contribution in [0.15, 0.2) is 59.5 Å². The molecule has 0 saturated heterocycles. The second kappa shape index (κ2) is 7.36. The third-order valence-corrected chi connectivity index (χ3v) is 4.51. The minimum absolute atomic E-state index is 0.311. The molecular formula is C17H21NOS. The van der Waals surface area contributed by atoms with Crippen LogP contribution in [0.3, 0.4) is 0 Å². The molecule has 0 heterocycles. The Kier molecular flexibility index (Phi) is 5.50. The molecule has 0 amide bonds. The molecule has 106 valence electrons. The molecule has 2 nitrogen and oxygen atoms in total. The molecule has 1 N–H and O–H groups in total. The van der Waals surface area contributed by atoms with E-state index in [1.54, 1.807) is 7.11 Å². The molecule has 2 aromatic carbocycles. The highest BCUT2D eigenvalue weighted by Crippen LogP contribution is 2.32. The molecule has 0 aliphatic heterocycles. The Hall–Kier alpha value is -1.45. The van der Waals surface area contributed by atoms with E-state index in [9.17, 15) is 0 Å². The van der Waals surface area contributed by atoms with Gasteiger partial charge in [-0.2, -0.15) is 0 Å².